The summed E-state index contributed by atoms with van der Waals surface area (Å²) in [5.74, 6) is -0.614. The third-order valence-corrected chi connectivity index (χ3v) is 9.82. The van der Waals surface area contributed by atoms with Crippen LogP contribution in [0.3, 0.4) is 0 Å². The monoisotopic (exact) mass is 538 g/mol. The first kappa shape index (κ1) is 30.4. The molecule has 0 aromatic rings. The lowest BCUT2D eigenvalue weighted by Gasteiger charge is -2.37. The largest absolute Gasteiger partial charge is 0.387 e. The van der Waals surface area contributed by atoms with Gasteiger partial charge in [0.2, 0.25) is 0 Å². The van der Waals surface area contributed by atoms with Gasteiger partial charge in [0.15, 0.2) is 5.79 Å². The van der Waals surface area contributed by atoms with Crippen LogP contribution in [-0.2, 0) is 23.7 Å². The van der Waals surface area contributed by atoms with E-state index in [9.17, 15) is 10.2 Å². The predicted octanol–water partition coefficient (Wildman–Crippen LogP) is 5.59. The van der Waals surface area contributed by atoms with Crippen molar-refractivity contribution in [3.8, 4) is 0 Å². The van der Waals surface area contributed by atoms with E-state index in [4.69, 9.17) is 23.7 Å². The van der Waals surface area contributed by atoms with E-state index >= 15 is 0 Å². The van der Waals surface area contributed by atoms with Gasteiger partial charge in [-0.25, -0.2) is 0 Å². The molecule has 7 heteroatoms. The van der Waals surface area contributed by atoms with Crippen LogP contribution in [-0.4, -0.2) is 74.5 Å². The lowest BCUT2D eigenvalue weighted by molar-refractivity contribution is -0.186. The van der Waals surface area contributed by atoms with Crippen molar-refractivity contribution in [3.05, 3.63) is 12.7 Å². The van der Waals surface area contributed by atoms with E-state index in [1.165, 1.54) is 0 Å². The maximum atomic E-state index is 11.4. The summed E-state index contributed by atoms with van der Waals surface area (Å²) < 4.78 is 31.2. The molecule has 0 aromatic heterocycles. The molecule has 0 saturated carbocycles. The lowest BCUT2D eigenvalue weighted by Crippen LogP contribution is -2.47. The van der Waals surface area contributed by atoms with Crippen LogP contribution in [0.2, 0.25) is 0 Å². The zero-order valence-corrected chi connectivity index (χ0v) is 25.2. The van der Waals surface area contributed by atoms with Crippen molar-refractivity contribution in [2.45, 2.75) is 184 Å². The number of ether oxygens (including phenoxy) is 5. The van der Waals surface area contributed by atoms with Gasteiger partial charge in [0.1, 0.15) is 0 Å². The quantitative estimate of drug-likeness (QED) is 0.247. The Labute approximate surface area is 230 Å². The number of aliphatic hydroxyl groups is 2. The molecule has 0 bridgehead atoms. The van der Waals surface area contributed by atoms with Crippen LogP contribution in [0, 0.1) is 0 Å². The van der Waals surface area contributed by atoms with Gasteiger partial charge in [-0.05, 0) is 120 Å². The van der Waals surface area contributed by atoms with Gasteiger partial charge in [-0.15, -0.1) is 6.58 Å². The minimum Gasteiger partial charge on any atom is -0.387 e. The van der Waals surface area contributed by atoms with Gasteiger partial charge >= 0.3 is 0 Å². The molecule has 0 spiro atoms. The van der Waals surface area contributed by atoms with Crippen molar-refractivity contribution < 1.29 is 33.9 Å². The fourth-order valence-electron chi connectivity index (χ4n) is 7.13. The molecule has 4 aliphatic heterocycles. The van der Waals surface area contributed by atoms with Crippen molar-refractivity contribution in [1.82, 2.24) is 0 Å². The van der Waals surface area contributed by atoms with E-state index in [0.29, 0.717) is 19.3 Å². The lowest BCUT2D eigenvalue weighted by atomic mass is 9.86. The SMILES string of the molecule is C=CCC[C@@]1(C)O[C@@H]1CC[C@@](C)(O)[C@@H]1CC[C@@H]([C@@]2(C)CC[C@@H]([C@](C)(O)CC[C@H]3OC(C)(C)OC3(C)C)O2)O1. The summed E-state index contributed by atoms with van der Waals surface area (Å²) >= 11 is 0. The Hall–Kier alpha value is -0.540. The van der Waals surface area contributed by atoms with Crippen molar-refractivity contribution in [3.63, 3.8) is 0 Å². The molecular formula is C31H54O7. The van der Waals surface area contributed by atoms with Gasteiger partial charge in [0, 0.05) is 0 Å². The Morgan fingerprint density at radius 1 is 0.842 bits per heavy atom. The third kappa shape index (κ3) is 6.50. The smallest absolute Gasteiger partial charge is 0.164 e. The predicted molar refractivity (Wildman–Crippen MR) is 147 cm³/mol. The molecule has 4 heterocycles. The van der Waals surface area contributed by atoms with Crippen LogP contribution < -0.4 is 0 Å². The molecule has 0 amide bonds. The van der Waals surface area contributed by atoms with E-state index < -0.39 is 28.2 Å². The molecule has 4 fully saturated rings. The fraction of sp³-hybridized carbons (Fsp3) is 0.935. The molecule has 0 radical (unpaired) electrons. The van der Waals surface area contributed by atoms with Crippen LogP contribution >= 0.6 is 0 Å². The van der Waals surface area contributed by atoms with Crippen molar-refractivity contribution >= 4 is 0 Å². The van der Waals surface area contributed by atoms with E-state index in [-0.39, 0.29) is 36.1 Å². The van der Waals surface area contributed by atoms with Gasteiger partial charge in [0.25, 0.3) is 0 Å². The summed E-state index contributed by atoms with van der Waals surface area (Å²) in [6.45, 7) is 19.8. The van der Waals surface area contributed by atoms with Crippen LogP contribution in [0.15, 0.2) is 12.7 Å². The number of hydrogen-bond donors (Lipinski definition) is 2. The third-order valence-electron chi connectivity index (χ3n) is 9.82. The second-order valence-electron chi connectivity index (χ2n) is 14.4. The van der Waals surface area contributed by atoms with Crippen LogP contribution in [0.25, 0.3) is 0 Å². The average molecular weight is 539 g/mol. The van der Waals surface area contributed by atoms with E-state index in [1.807, 2.05) is 47.6 Å². The van der Waals surface area contributed by atoms with Gasteiger partial charge < -0.3 is 33.9 Å². The highest BCUT2D eigenvalue weighted by atomic mass is 16.8. The topological polar surface area (TPSA) is 89.9 Å². The molecule has 9 atom stereocenters. The Kier molecular flexibility index (Phi) is 8.31. The summed E-state index contributed by atoms with van der Waals surface area (Å²) in [6.07, 6.45) is 9.38. The van der Waals surface area contributed by atoms with Gasteiger partial charge in [-0.1, -0.05) is 6.08 Å². The molecule has 0 aliphatic carbocycles. The second-order valence-corrected chi connectivity index (χ2v) is 14.4. The molecule has 7 nitrogen and oxygen atoms in total. The summed E-state index contributed by atoms with van der Waals surface area (Å²) in [4.78, 5) is 0. The number of hydrogen-bond acceptors (Lipinski definition) is 7. The van der Waals surface area contributed by atoms with Crippen LogP contribution in [0.1, 0.15) is 120 Å². The highest BCUT2D eigenvalue weighted by Gasteiger charge is 2.55. The normalized spacial score (nSPS) is 43.1. The fourth-order valence-corrected chi connectivity index (χ4v) is 7.13. The highest BCUT2D eigenvalue weighted by molar-refractivity contribution is 5.04. The first-order valence-electron chi connectivity index (χ1n) is 14.9. The zero-order chi connectivity index (χ0) is 28.2. The van der Waals surface area contributed by atoms with Crippen molar-refractivity contribution in [1.29, 1.82) is 0 Å². The molecule has 4 saturated heterocycles. The highest BCUT2D eigenvalue weighted by Crippen LogP contribution is 2.48. The molecule has 4 aliphatic rings. The second kappa shape index (κ2) is 10.4. The van der Waals surface area contributed by atoms with Gasteiger partial charge in [-0.2, -0.15) is 0 Å². The maximum absolute atomic E-state index is 11.4. The summed E-state index contributed by atoms with van der Waals surface area (Å²) in [5, 5.41) is 22.8. The molecular weight excluding hydrogens is 484 g/mol. The van der Waals surface area contributed by atoms with Crippen molar-refractivity contribution in [2.24, 2.45) is 0 Å². The Balaban J connectivity index is 1.26. The summed E-state index contributed by atoms with van der Waals surface area (Å²) in [7, 11) is 0. The van der Waals surface area contributed by atoms with Gasteiger partial charge in [-0.3, -0.25) is 0 Å². The summed E-state index contributed by atoms with van der Waals surface area (Å²) in [5.41, 5.74) is -2.84. The minimum absolute atomic E-state index is 0.0800. The first-order valence-corrected chi connectivity index (χ1v) is 14.9. The maximum Gasteiger partial charge on any atom is 0.164 e. The van der Waals surface area contributed by atoms with E-state index in [1.54, 1.807) is 0 Å². The average Bonchev–Trinajstić information content (AvgIpc) is 3.19. The zero-order valence-electron chi connectivity index (χ0n) is 25.2. The Morgan fingerprint density at radius 2 is 1.47 bits per heavy atom. The Bertz CT molecular complexity index is 851. The van der Waals surface area contributed by atoms with E-state index in [2.05, 4.69) is 20.4 Å². The van der Waals surface area contributed by atoms with Crippen LogP contribution in [0.4, 0.5) is 0 Å². The molecule has 220 valence electrons. The van der Waals surface area contributed by atoms with Crippen LogP contribution in [0.5, 0.6) is 0 Å². The molecule has 0 unspecified atom stereocenters. The van der Waals surface area contributed by atoms with E-state index in [0.717, 1.165) is 44.9 Å². The van der Waals surface area contributed by atoms with Gasteiger partial charge in [0.05, 0.1) is 58.5 Å². The molecule has 38 heavy (non-hydrogen) atoms. The number of allylic oxidation sites excluding steroid dienone is 1. The molecule has 0 aromatic carbocycles. The number of epoxide rings is 1. The Morgan fingerprint density at radius 3 is 2.08 bits per heavy atom. The first-order chi connectivity index (χ1) is 17.4. The molecule has 4 rings (SSSR count). The standard InChI is InChI=1S/C31H54O7/c1-10-11-17-30(8)25(37-30)15-19-28(6,32)22-12-13-24(34-22)31(9)20-16-23(36-31)29(7,33)18-14-21-26(2,3)38-27(4,5)35-21/h10,21-25,32-33H,1,11-20H2,2-9H3/t21-,22+,23+,24+,25-,28-,29-,30-,31-/m1/s1. The van der Waals surface area contributed by atoms with Crippen molar-refractivity contribution in [2.75, 3.05) is 0 Å². The summed E-state index contributed by atoms with van der Waals surface area (Å²) in [6, 6.07) is 0. The molecule has 2 N–H and O–H groups in total. The minimum atomic E-state index is -0.976. The number of rotatable bonds is 12.